The van der Waals surface area contributed by atoms with Gasteiger partial charge in [0.1, 0.15) is 14.9 Å². The second kappa shape index (κ2) is 7.49. The van der Waals surface area contributed by atoms with Crippen LogP contribution in [0.15, 0.2) is 0 Å². The second-order valence-electron chi connectivity index (χ2n) is 3.15. The maximum absolute atomic E-state index is 11.5. The van der Waals surface area contributed by atoms with Crippen LogP contribution in [0.3, 0.4) is 0 Å². The van der Waals surface area contributed by atoms with Gasteiger partial charge in [-0.3, -0.25) is 4.79 Å². The summed E-state index contributed by atoms with van der Waals surface area (Å²) in [5, 5.41) is 8.53. The first-order valence-electron chi connectivity index (χ1n) is 4.58. The summed E-state index contributed by atoms with van der Waals surface area (Å²) >= 11 is 7.96. The molecule has 0 spiro atoms. The third-order valence-corrected chi connectivity index (χ3v) is 3.99. The molecule has 0 heterocycles. The van der Waals surface area contributed by atoms with E-state index in [0.29, 0.717) is 0 Å². The molecule has 0 bridgehead atoms. The van der Waals surface area contributed by atoms with Gasteiger partial charge in [0.05, 0.1) is 6.61 Å². The molecule has 0 atom stereocenters. The molecule has 0 aliphatic rings. The Morgan fingerprint density at radius 3 is 2.60 bits per heavy atom. The van der Waals surface area contributed by atoms with Crippen molar-refractivity contribution in [1.29, 1.82) is 0 Å². The zero-order valence-electron chi connectivity index (χ0n) is 9.11. The van der Waals surface area contributed by atoms with Crippen molar-refractivity contribution in [2.75, 3.05) is 19.0 Å². The van der Waals surface area contributed by atoms with Gasteiger partial charge < -0.3 is 9.84 Å². The molecule has 6 heteroatoms. The highest BCUT2D eigenvalue weighted by Gasteiger charge is 2.31. The van der Waals surface area contributed by atoms with Gasteiger partial charge in [0.15, 0.2) is 0 Å². The molecule has 0 fully saturated rings. The average Bonchev–Trinajstić information content (AvgIpc) is 2.13. The molecular weight excluding hydrogens is 252 g/mol. The molecule has 0 aromatic carbocycles. The monoisotopic (exact) mass is 268 g/mol. The number of thiocarbonyl (C=S) groups is 1. The molecule has 0 saturated heterocycles. The zero-order chi connectivity index (χ0) is 11.9. The minimum absolute atomic E-state index is 0.0382. The molecular formula is C9H16O3S3. The van der Waals surface area contributed by atoms with E-state index in [-0.39, 0.29) is 19.2 Å². The fourth-order valence-electron chi connectivity index (χ4n) is 0.709. The first kappa shape index (κ1) is 15.2. The molecule has 0 unspecified atom stereocenters. The molecule has 88 valence electrons. The SMILES string of the molecule is CCSC(=S)SC(C)(C)C(=O)OCCO. The van der Waals surface area contributed by atoms with Crippen molar-refractivity contribution in [2.24, 2.45) is 0 Å². The first-order valence-corrected chi connectivity index (χ1v) is 6.79. The minimum Gasteiger partial charge on any atom is -0.462 e. The van der Waals surface area contributed by atoms with E-state index in [1.165, 1.54) is 23.5 Å². The van der Waals surface area contributed by atoms with E-state index in [1.54, 1.807) is 13.8 Å². The largest absolute Gasteiger partial charge is 0.462 e. The fraction of sp³-hybridized carbons (Fsp3) is 0.778. The van der Waals surface area contributed by atoms with Crippen LogP contribution in [0.5, 0.6) is 0 Å². The molecule has 0 aromatic rings. The number of esters is 1. The van der Waals surface area contributed by atoms with Crippen LogP contribution < -0.4 is 0 Å². The molecule has 0 rings (SSSR count). The number of carbonyl (C=O) groups excluding carboxylic acids is 1. The summed E-state index contributed by atoms with van der Waals surface area (Å²) in [7, 11) is 0. The summed E-state index contributed by atoms with van der Waals surface area (Å²) in [5.74, 6) is 0.550. The summed E-state index contributed by atoms with van der Waals surface area (Å²) in [5.41, 5.74) is 0. The Hall–Kier alpha value is 0.220. The van der Waals surface area contributed by atoms with Crippen molar-refractivity contribution in [3.05, 3.63) is 0 Å². The number of aliphatic hydroxyl groups is 1. The van der Waals surface area contributed by atoms with E-state index < -0.39 is 4.75 Å². The molecule has 0 amide bonds. The molecule has 0 aliphatic heterocycles. The molecule has 0 aromatic heterocycles. The van der Waals surface area contributed by atoms with Crippen molar-refractivity contribution in [2.45, 2.75) is 25.5 Å². The van der Waals surface area contributed by atoms with Crippen LogP contribution in [0.1, 0.15) is 20.8 Å². The Labute approximate surface area is 104 Å². The number of carbonyl (C=O) groups is 1. The maximum Gasteiger partial charge on any atom is 0.322 e. The van der Waals surface area contributed by atoms with Gasteiger partial charge in [-0.1, -0.05) is 30.9 Å². The normalized spacial score (nSPS) is 11.2. The van der Waals surface area contributed by atoms with Gasteiger partial charge in [0, 0.05) is 0 Å². The Kier molecular flexibility index (Phi) is 7.60. The Bertz CT molecular complexity index is 229. The van der Waals surface area contributed by atoms with Gasteiger partial charge in [-0.25, -0.2) is 0 Å². The van der Waals surface area contributed by atoms with Crippen molar-refractivity contribution in [3.63, 3.8) is 0 Å². The molecule has 0 radical (unpaired) electrons. The van der Waals surface area contributed by atoms with E-state index in [9.17, 15) is 4.79 Å². The second-order valence-corrected chi connectivity index (χ2v) is 7.25. The van der Waals surface area contributed by atoms with Gasteiger partial charge in [-0.15, -0.1) is 11.8 Å². The average molecular weight is 268 g/mol. The molecule has 1 N–H and O–H groups in total. The lowest BCUT2D eigenvalue weighted by atomic mass is 10.2. The van der Waals surface area contributed by atoms with E-state index in [4.69, 9.17) is 22.1 Å². The summed E-state index contributed by atoms with van der Waals surface area (Å²) in [6.45, 7) is 5.42. The molecule has 0 saturated carbocycles. The lowest BCUT2D eigenvalue weighted by Crippen LogP contribution is -2.31. The number of ether oxygens (including phenoxy) is 1. The van der Waals surface area contributed by atoms with Crippen molar-refractivity contribution >= 4 is 45.2 Å². The van der Waals surface area contributed by atoms with Crippen LogP contribution in [-0.2, 0) is 9.53 Å². The van der Waals surface area contributed by atoms with Crippen LogP contribution in [0.4, 0.5) is 0 Å². The van der Waals surface area contributed by atoms with E-state index in [0.717, 1.165) is 9.28 Å². The van der Waals surface area contributed by atoms with Gasteiger partial charge in [0.25, 0.3) is 0 Å². The summed E-state index contributed by atoms with van der Waals surface area (Å²) in [6, 6.07) is 0. The summed E-state index contributed by atoms with van der Waals surface area (Å²) in [4.78, 5) is 11.5. The number of hydrogen-bond donors (Lipinski definition) is 1. The smallest absolute Gasteiger partial charge is 0.322 e. The van der Waals surface area contributed by atoms with Gasteiger partial charge >= 0.3 is 5.97 Å². The van der Waals surface area contributed by atoms with E-state index in [2.05, 4.69) is 0 Å². The van der Waals surface area contributed by atoms with Crippen LogP contribution in [0.2, 0.25) is 0 Å². The summed E-state index contributed by atoms with van der Waals surface area (Å²) in [6.07, 6.45) is 0. The Morgan fingerprint density at radius 1 is 1.53 bits per heavy atom. The quantitative estimate of drug-likeness (QED) is 0.608. The van der Waals surface area contributed by atoms with Gasteiger partial charge in [-0.05, 0) is 19.6 Å². The highest BCUT2D eigenvalue weighted by Crippen LogP contribution is 2.31. The third kappa shape index (κ3) is 6.40. The topological polar surface area (TPSA) is 46.5 Å². The van der Waals surface area contributed by atoms with Gasteiger partial charge in [0.2, 0.25) is 0 Å². The van der Waals surface area contributed by atoms with Crippen LogP contribution in [0.25, 0.3) is 0 Å². The molecule has 0 aliphatic carbocycles. The fourth-order valence-corrected chi connectivity index (χ4v) is 3.70. The van der Waals surface area contributed by atoms with E-state index in [1.807, 2.05) is 6.92 Å². The van der Waals surface area contributed by atoms with Crippen molar-refractivity contribution in [3.8, 4) is 0 Å². The highest BCUT2D eigenvalue weighted by atomic mass is 32.2. The predicted octanol–water partition coefficient (Wildman–Crippen LogP) is 2.07. The lowest BCUT2D eigenvalue weighted by molar-refractivity contribution is -0.146. The zero-order valence-corrected chi connectivity index (χ0v) is 11.6. The van der Waals surface area contributed by atoms with Crippen molar-refractivity contribution < 1.29 is 14.6 Å². The molecule has 3 nitrogen and oxygen atoms in total. The Balaban J connectivity index is 4.15. The van der Waals surface area contributed by atoms with Crippen molar-refractivity contribution in [1.82, 2.24) is 0 Å². The highest BCUT2D eigenvalue weighted by molar-refractivity contribution is 8.47. The number of hydrogen-bond acceptors (Lipinski definition) is 6. The number of thioether (sulfide) groups is 2. The number of aliphatic hydroxyl groups excluding tert-OH is 1. The van der Waals surface area contributed by atoms with E-state index >= 15 is 0 Å². The summed E-state index contributed by atoms with van der Waals surface area (Å²) < 4.78 is 4.91. The number of rotatable bonds is 5. The predicted molar refractivity (Wildman–Crippen MR) is 70.4 cm³/mol. The maximum atomic E-state index is 11.5. The van der Waals surface area contributed by atoms with Crippen LogP contribution >= 0.6 is 35.7 Å². The molecule has 15 heavy (non-hydrogen) atoms. The van der Waals surface area contributed by atoms with Gasteiger partial charge in [-0.2, -0.15) is 0 Å². The first-order chi connectivity index (χ1) is 6.94. The minimum atomic E-state index is -0.686. The van der Waals surface area contributed by atoms with Crippen LogP contribution in [-0.4, -0.2) is 38.3 Å². The van der Waals surface area contributed by atoms with Crippen LogP contribution in [0, 0.1) is 0 Å². The Morgan fingerprint density at radius 2 is 2.13 bits per heavy atom. The lowest BCUT2D eigenvalue weighted by Gasteiger charge is -2.21. The third-order valence-electron chi connectivity index (χ3n) is 1.42. The standard InChI is InChI=1S/C9H16O3S3/c1-4-14-8(13)15-9(2,3)7(11)12-6-5-10/h10H,4-6H2,1-3H3.